The molecule has 0 atom stereocenters. The molecule has 0 spiro atoms. The summed E-state index contributed by atoms with van der Waals surface area (Å²) >= 11 is 0. The van der Waals surface area contributed by atoms with E-state index in [9.17, 15) is 10.1 Å². The quantitative estimate of drug-likeness (QED) is 0.216. The Hall–Kier alpha value is -4.82. The Kier molecular flexibility index (Phi) is 8.14. The number of carbonyl (C=O) groups is 1. The minimum absolute atomic E-state index is 0.00716. The second-order valence-electron chi connectivity index (χ2n) is 8.27. The fraction of sp³-hybridized carbons (Fsp3) is 0.0968. The molecule has 5 nitrogen and oxygen atoms in total. The predicted octanol–water partition coefficient (Wildman–Crippen LogP) is 6.70. The fourth-order valence-corrected chi connectivity index (χ4v) is 3.40. The van der Waals surface area contributed by atoms with Gasteiger partial charge in [0, 0.05) is 5.69 Å². The number of amides is 1. The molecule has 0 heterocycles. The summed E-state index contributed by atoms with van der Waals surface area (Å²) in [4.78, 5) is 12.6. The Morgan fingerprint density at radius 1 is 0.778 bits per heavy atom. The van der Waals surface area contributed by atoms with E-state index >= 15 is 0 Å². The molecule has 1 N–H and O–H groups in total. The van der Waals surface area contributed by atoms with Crippen LogP contribution in [0.1, 0.15) is 22.3 Å². The van der Waals surface area contributed by atoms with Crippen molar-refractivity contribution >= 4 is 17.7 Å². The normalized spacial score (nSPS) is 10.8. The SMILES string of the molecule is Cc1ccc(COc2ccc(/C=C(\C#N)C(=O)Nc3ccc(OCc4ccccc4)cc3)cc2)cc1. The average molecular weight is 475 g/mol. The molecule has 1 amide bonds. The van der Waals surface area contributed by atoms with E-state index in [-0.39, 0.29) is 5.57 Å². The maximum atomic E-state index is 12.6. The number of ether oxygens (including phenoxy) is 2. The van der Waals surface area contributed by atoms with Crippen molar-refractivity contribution in [1.82, 2.24) is 0 Å². The lowest BCUT2D eigenvalue weighted by Crippen LogP contribution is -2.13. The lowest BCUT2D eigenvalue weighted by Gasteiger charge is -2.09. The summed E-state index contributed by atoms with van der Waals surface area (Å²) in [5.41, 5.74) is 4.68. The van der Waals surface area contributed by atoms with Crippen molar-refractivity contribution in [3.8, 4) is 17.6 Å². The second-order valence-corrected chi connectivity index (χ2v) is 8.27. The molecule has 5 heteroatoms. The molecule has 0 aliphatic carbocycles. The number of nitrogens with one attached hydrogen (secondary N) is 1. The molecule has 4 rings (SSSR count). The summed E-state index contributed by atoms with van der Waals surface area (Å²) in [7, 11) is 0. The first-order valence-corrected chi connectivity index (χ1v) is 11.6. The van der Waals surface area contributed by atoms with Gasteiger partial charge in [-0.3, -0.25) is 4.79 Å². The van der Waals surface area contributed by atoms with Crippen LogP contribution in [-0.2, 0) is 18.0 Å². The smallest absolute Gasteiger partial charge is 0.266 e. The molecule has 0 aliphatic rings. The third-order valence-corrected chi connectivity index (χ3v) is 5.44. The van der Waals surface area contributed by atoms with Gasteiger partial charge in [-0.15, -0.1) is 0 Å². The summed E-state index contributed by atoms with van der Waals surface area (Å²) in [5.74, 6) is 0.929. The van der Waals surface area contributed by atoms with E-state index in [0.29, 0.717) is 30.4 Å². The molecule has 0 unspecified atom stereocenters. The molecule has 0 fully saturated rings. The fourth-order valence-electron chi connectivity index (χ4n) is 3.40. The minimum Gasteiger partial charge on any atom is -0.489 e. The van der Waals surface area contributed by atoms with Crippen molar-refractivity contribution in [2.45, 2.75) is 20.1 Å². The molecule has 0 aromatic heterocycles. The van der Waals surface area contributed by atoms with Gasteiger partial charge in [-0.2, -0.15) is 5.26 Å². The van der Waals surface area contributed by atoms with Gasteiger partial charge in [-0.25, -0.2) is 0 Å². The number of aryl methyl sites for hydroxylation is 1. The molecular formula is C31H26N2O3. The van der Waals surface area contributed by atoms with Crippen LogP contribution in [0.4, 0.5) is 5.69 Å². The largest absolute Gasteiger partial charge is 0.489 e. The predicted molar refractivity (Wildman–Crippen MR) is 141 cm³/mol. The van der Waals surface area contributed by atoms with Crippen LogP contribution in [0.5, 0.6) is 11.5 Å². The number of nitrogens with zero attached hydrogens (tertiary/aromatic N) is 1. The van der Waals surface area contributed by atoms with Crippen molar-refractivity contribution in [1.29, 1.82) is 5.26 Å². The maximum Gasteiger partial charge on any atom is 0.266 e. The monoisotopic (exact) mass is 474 g/mol. The van der Waals surface area contributed by atoms with E-state index in [4.69, 9.17) is 9.47 Å². The highest BCUT2D eigenvalue weighted by Gasteiger charge is 2.10. The van der Waals surface area contributed by atoms with Gasteiger partial charge in [0.25, 0.3) is 5.91 Å². The van der Waals surface area contributed by atoms with Gasteiger partial charge in [0.15, 0.2) is 0 Å². The zero-order valence-electron chi connectivity index (χ0n) is 20.0. The van der Waals surface area contributed by atoms with Gasteiger partial charge in [-0.1, -0.05) is 72.3 Å². The Balaban J connectivity index is 1.31. The number of rotatable bonds is 9. The van der Waals surface area contributed by atoms with Gasteiger partial charge in [0.05, 0.1) is 0 Å². The Bertz CT molecular complexity index is 1350. The standard InChI is InChI=1S/C31H26N2O3/c1-23-7-9-26(10-8-23)22-36-29-15-11-24(12-16-29)19-27(20-32)31(34)33-28-13-17-30(18-14-28)35-21-25-5-3-2-4-6-25/h2-19H,21-22H2,1H3,(H,33,34)/b27-19+. The van der Waals surface area contributed by atoms with E-state index in [0.717, 1.165) is 16.7 Å². The van der Waals surface area contributed by atoms with E-state index in [1.807, 2.05) is 79.7 Å². The molecule has 0 saturated heterocycles. The van der Waals surface area contributed by atoms with E-state index < -0.39 is 5.91 Å². The Labute approximate surface area is 211 Å². The summed E-state index contributed by atoms with van der Waals surface area (Å²) in [5, 5.41) is 12.3. The highest BCUT2D eigenvalue weighted by molar-refractivity contribution is 6.09. The minimum atomic E-state index is -0.477. The molecular weight excluding hydrogens is 448 g/mol. The van der Waals surface area contributed by atoms with Gasteiger partial charge in [-0.05, 0) is 66.1 Å². The lowest BCUT2D eigenvalue weighted by atomic mass is 10.1. The molecule has 0 radical (unpaired) electrons. The number of anilines is 1. The first kappa shape index (κ1) is 24.3. The summed E-state index contributed by atoms with van der Waals surface area (Å²) in [6.07, 6.45) is 1.55. The average Bonchev–Trinajstić information content (AvgIpc) is 2.92. The third-order valence-electron chi connectivity index (χ3n) is 5.44. The highest BCUT2D eigenvalue weighted by atomic mass is 16.5. The Morgan fingerprint density at radius 2 is 1.33 bits per heavy atom. The Morgan fingerprint density at radius 3 is 1.92 bits per heavy atom. The summed E-state index contributed by atoms with van der Waals surface area (Å²) in [6.45, 7) is 2.98. The van der Waals surface area contributed by atoms with Crippen LogP contribution in [0.3, 0.4) is 0 Å². The topological polar surface area (TPSA) is 71.3 Å². The first-order valence-electron chi connectivity index (χ1n) is 11.6. The van der Waals surface area contributed by atoms with Crippen LogP contribution in [0.15, 0.2) is 109 Å². The molecule has 36 heavy (non-hydrogen) atoms. The van der Waals surface area contributed by atoms with Crippen LogP contribution in [0.25, 0.3) is 6.08 Å². The van der Waals surface area contributed by atoms with Crippen LogP contribution in [0, 0.1) is 18.3 Å². The van der Waals surface area contributed by atoms with Crippen molar-refractivity contribution < 1.29 is 14.3 Å². The second kappa shape index (κ2) is 12.0. The zero-order valence-corrected chi connectivity index (χ0v) is 20.0. The van der Waals surface area contributed by atoms with Crippen LogP contribution in [-0.4, -0.2) is 5.91 Å². The third kappa shape index (κ3) is 7.09. The van der Waals surface area contributed by atoms with Crippen molar-refractivity contribution in [3.05, 3.63) is 131 Å². The van der Waals surface area contributed by atoms with Crippen LogP contribution < -0.4 is 14.8 Å². The molecule has 178 valence electrons. The lowest BCUT2D eigenvalue weighted by molar-refractivity contribution is -0.112. The number of nitriles is 1. The number of carbonyl (C=O) groups excluding carboxylic acids is 1. The van der Waals surface area contributed by atoms with Gasteiger partial charge in [0.2, 0.25) is 0 Å². The molecule has 0 aliphatic heterocycles. The van der Waals surface area contributed by atoms with Crippen molar-refractivity contribution in [2.75, 3.05) is 5.32 Å². The van der Waals surface area contributed by atoms with Crippen molar-refractivity contribution in [2.24, 2.45) is 0 Å². The van der Waals surface area contributed by atoms with Gasteiger partial charge >= 0.3 is 0 Å². The molecule has 4 aromatic rings. The van der Waals surface area contributed by atoms with E-state index in [1.54, 1.807) is 30.3 Å². The highest BCUT2D eigenvalue weighted by Crippen LogP contribution is 2.19. The molecule has 4 aromatic carbocycles. The first-order chi connectivity index (χ1) is 17.6. The van der Waals surface area contributed by atoms with E-state index in [2.05, 4.69) is 17.4 Å². The van der Waals surface area contributed by atoms with E-state index in [1.165, 1.54) is 5.56 Å². The van der Waals surface area contributed by atoms with Crippen molar-refractivity contribution in [3.63, 3.8) is 0 Å². The number of benzene rings is 4. The maximum absolute atomic E-state index is 12.6. The van der Waals surface area contributed by atoms with Crippen LogP contribution >= 0.6 is 0 Å². The summed E-state index contributed by atoms with van der Waals surface area (Å²) < 4.78 is 11.6. The van der Waals surface area contributed by atoms with Gasteiger partial charge < -0.3 is 14.8 Å². The van der Waals surface area contributed by atoms with Crippen LogP contribution in [0.2, 0.25) is 0 Å². The van der Waals surface area contributed by atoms with Gasteiger partial charge in [0.1, 0.15) is 36.4 Å². The summed E-state index contributed by atoms with van der Waals surface area (Å²) in [6, 6.07) is 34.4. The zero-order chi connectivity index (χ0) is 25.2. The number of hydrogen-bond donors (Lipinski definition) is 1. The molecule has 0 saturated carbocycles. The molecule has 0 bridgehead atoms. The number of hydrogen-bond acceptors (Lipinski definition) is 4.